The maximum Gasteiger partial charge on any atom is 0.226 e. The molecule has 1 rings (SSSR count). The lowest BCUT2D eigenvalue weighted by Crippen LogP contribution is -2.36. The smallest absolute Gasteiger partial charge is 0.226 e. The third-order valence-corrected chi connectivity index (χ3v) is 2.08. The number of aromatic nitrogens is 2. The van der Waals surface area contributed by atoms with Gasteiger partial charge in [0.05, 0.1) is 18.8 Å². The third-order valence-electron chi connectivity index (χ3n) is 2.08. The van der Waals surface area contributed by atoms with Crippen molar-refractivity contribution >= 4 is 5.95 Å². The summed E-state index contributed by atoms with van der Waals surface area (Å²) in [4.78, 5) is 8.62. The van der Waals surface area contributed by atoms with Crippen molar-refractivity contribution in [2.24, 2.45) is 0 Å². The number of aryl methyl sites for hydroxylation is 1. The molecule has 0 aliphatic carbocycles. The van der Waals surface area contributed by atoms with Crippen LogP contribution in [0.1, 0.15) is 26.5 Å². The number of hydrogen-bond donors (Lipinski definition) is 1. The summed E-state index contributed by atoms with van der Waals surface area (Å²) >= 11 is 0. The van der Waals surface area contributed by atoms with Gasteiger partial charge in [-0.3, -0.25) is 0 Å². The van der Waals surface area contributed by atoms with E-state index in [1.165, 1.54) is 0 Å². The molecule has 0 saturated heterocycles. The van der Waals surface area contributed by atoms with Crippen molar-refractivity contribution in [2.45, 2.75) is 33.2 Å². The summed E-state index contributed by atoms with van der Waals surface area (Å²) in [5, 5.41) is 3.23. The highest BCUT2D eigenvalue weighted by Crippen LogP contribution is 2.16. The van der Waals surface area contributed by atoms with Gasteiger partial charge in [0.2, 0.25) is 11.8 Å². The highest BCUT2D eigenvalue weighted by atomic mass is 16.5. The molecular formula is C12H21N3O2. The van der Waals surface area contributed by atoms with Crippen molar-refractivity contribution in [1.82, 2.24) is 9.97 Å². The Labute approximate surface area is 103 Å². The molecule has 0 saturated carbocycles. The van der Waals surface area contributed by atoms with Crippen LogP contribution in [0.5, 0.6) is 5.88 Å². The van der Waals surface area contributed by atoms with Crippen LogP contribution in [0.2, 0.25) is 0 Å². The molecule has 0 atom stereocenters. The van der Waals surface area contributed by atoms with Crippen LogP contribution in [-0.4, -0.2) is 35.8 Å². The standard InChI is InChI=1S/C12H21N3O2/c1-6-17-10-7-9(2)13-11(14-10)15-12(3,4)8-16-5/h7H,6,8H2,1-5H3,(H,13,14,15). The van der Waals surface area contributed by atoms with Crippen LogP contribution in [0.25, 0.3) is 0 Å². The molecule has 0 aliphatic rings. The van der Waals surface area contributed by atoms with Gasteiger partial charge in [-0.2, -0.15) is 4.98 Å². The fourth-order valence-corrected chi connectivity index (χ4v) is 1.52. The molecule has 1 N–H and O–H groups in total. The van der Waals surface area contributed by atoms with E-state index < -0.39 is 0 Å². The fourth-order valence-electron chi connectivity index (χ4n) is 1.52. The van der Waals surface area contributed by atoms with Crippen LogP contribution in [0.15, 0.2) is 6.07 Å². The summed E-state index contributed by atoms with van der Waals surface area (Å²) in [6, 6.07) is 1.82. The van der Waals surface area contributed by atoms with E-state index in [0.29, 0.717) is 25.0 Å². The largest absolute Gasteiger partial charge is 0.478 e. The first kappa shape index (κ1) is 13.7. The number of nitrogens with one attached hydrogen (secondary N) is 1. The molecule has 0 aliphatic heterocycles. The summed E-state index contributed by atoms with van der Waals surface area (Å²) in [5.41, 5.74) is 0.658. The normalized spacial score (nSPS) is 11.4. The van der Waals surface area contributed by atoms with Crippen molar-refractivity contribution in [3.05, 3.63) is 11.8 Å². The first-order chi connectivity index (χ1) is 7.96. The average Bonchev–Trinajstić information content (AvgIpc) is 2.15. The molecule has 0 unspecified atom stereocenters. The lowest BCUT2D eigenvalue weighted by Gasteiger charge is -2.25. The maximum absolute atomic E-state index is 5.38. The first-order valence-electron chi connectivity index (χ1n) is 5.72. The van der Waals surface area contributed by atoms with E-state index in [-0.39, 0.29) is 5.54 Å². The number of methoxy groups -OCH3 is 1. The zero-order valence-electron chi connectivity index (χ0n) is 11.2. The van der Waals surface area contributed by atoms with Crippen LogP contribution in [0.4, 0.5) is 5.95 Å². The second-order valence-corrected chi connectivity index (χ2v) is 4.55. The summed E-state index contributed by atoms with van der Waals surface area (Å²) in [6.45, 7) is 9.08. The number of anilines is 1. The highest BCUT2D eigenvalue weighted by Gasteiger charge is 2.18. The van der Waals surface area contributed by atoms with Crippen molar-refractivity contribution in [3.8, 4) is 5.88 Å². The molecule has 0 aromatic carbocycles. The second-order valence-electron chi connectivity index (χ2n) is 4.55. The zero-order chi connectivity index (χ0) is 12.9. The fraction of sp³-hybridized carbons (Fsp3) is 0.667. The van der Waals surface area contributed by atoms with E-state index in [1.807, 2.05) is 33.8 Å². The maximum atomic E-state index is 5.38. The topological polar surface area (TPSA) is 56.3 Å². The third kappa shape index (κ3) is 4.56. The molecule has 5 nitrogen and oxygen atoms in total. The quantitative estimate of drug-likeness (QED) is 0.823. The van der Waals surface area contributed by atoms with Crippen LogP contribution < -0.4 is 10.1 Å². The minimum absolute atomic E-state index is 0.216. The van der Waals surface area contributed by atoms with E-state index in [0.717, 1.165) is 5.69 Å². The summed E-state index contributed by atoms with van der Waals surface area (Å²) in [5.74, 6) is 1.16. The van der Waals surface area contributed by atoms with Gasteiger partial charge in [-0.15, -0.1) is 0 Å². The molecule has 5 heteroatoms. The van der Waals surface area contributed by atoms with Gasteiger partial charge in [0.25, 0.3) is 0 Å². The number of ether oxygens (including phenoxy) is 2. The minimum Gasteiger partial charge on any atom is -0.478 e. The lowest BCUT2D eigenvalue weighted by molar-refractivity contribution is 0.157. The summed E-state index contributed by atoms with van der Waals surface area (Å²) in [7, 11) is 1.67. The zero-order valence-corrected chi connectivity index (χ0v) is 11.2. The molecule has 0 bridgehead atoms. The molecule has 1 aromatic rings. The molecule has 0 amide bonds. The van der Waals surface area contributed by atoms with Crippen molar-refractivity contribution in [1.29, 1.82) is 0 Å². The Morgan fingerprint density at radius 1 is 1.35 bits per heavy atom. The van der Waals surface area contributed by atoms with Crippen LogP contribution in [0.3, 0.4) is 0 Å². The first-order valence-corrected chi connectivity index (χ1v) is 5.72. The van der Waals surface area contributed by atoms with Gasteiger partial charge >= 0.3 is 0 Å². The second kappa shape index (κ2) is 5.82. The predicted octanol–water partition coefficient (Wildman–Crippen LogP) is 2.02. The molecule has 0 fully saturated rings. The van der Waals surface area contributed by atoms with Crippen LogP contribution >= 0.6 is 0 Å². The molecule has 0 spiro atoms. The molecule has 0 radical (unpaired) electrons. The van der Waals surface area contributed by atoms with Crippen LogP contribution in [-0.2, 0) is 4.74 Å². The van der Waals surface area contributed by atoms with Gasteiger partial charge in [-0.25, -0.2) is 4.98 Å². The SMILES string of the molecule is CCOc1cc(C)nc(NC(C)(C)COC)n1. The van der Waals surface area contributed by atoms with Gasteiger partial charge in [-0.05, 0) is 27.7 Å². The van der Waals surface area contributed by atoms with Gasteiger partial charge in [0.15, 0.2) is 0 Å². The molecule has 1 aromatic heterocycles. The Kier molecular flexibility index (Phi) is 4.69. The van der Waals surface area contributed by atoms with Crippen LogP contribution in [0, 0.1) is 6.92 Å². The van der Waals surface area contributed by atoms with Gasteiger partial charge in [0, 0.05) is 18.9 Å². The van der Waals surface area contributed by atoms with E-state index in [9.17, 15) is 0 Å². The monoisotopic (exact) mass is 239 g/mol. The minimum atomic E-state index is -0.216. The van der Waals surface area contributed by atoms with Gasteiger partial charge in [-0.1, -0.05) is 0 Å². The molecule has 96 valence electrons. The highest BCUT2D eigenvalue weighted by molar-refractivity contribution is 5.33. The number of nitrogens with zero attached hydrogens (tertiary/aromatic N) is 2. The predicted molar refractivity (Wildman–Crippen MR) is 67.5 cm³/mol. The summed E-state index contributed by atoms with van der Waals surface area (Å²) in [6.07, 6.45) is 0. The number of hydrogen-bond acceptors (Lipinski definition) is 5. The van der Waals surface area contributed by atoms with E-state index in [2.05, 4.69) is 15.3 Å². The van der Waals surface area contributed by atoms with Crippen molar-refractivity contribution in [3.63, 3.8) is 0 Å². The Morgan fingerprint density at radius 2 is 2.06 bits per heavy atom. The Morgan fingerprint density at radius 3 is 2.65 bits per heavy atom. The molecule has 1 heterocycles. The molecular weight excluding hydrogens is 218 g/mol. The summed E-state index contributed by atoms with van der Waals surface area (Å²) < 4.78 is 10.5. The molecule has 17 heavy (non-hydrogen) atoms. The Hall–Kier alpha value is -1.36. The number of rotatable bonds is 6. The van der Waals surface area contributed by atoms with Crippen molar-refractivity contribution in [2.75, 3.05) is 25.6 Å². The van der Waals surface area contributed by atoms with E-state index in [4.69, 9.17) is 9.47 Å². The van der Waals surface area contributed by atoms with E-state index in [1.54, 1.807) is 7.11 Å². The van der Waals surface area contributed by atoms with Gasteiger partial charge < -0.3 is 14.8 Å². The Bertz CT molecular complexity index is 367. The van der Waals surface area contributed by atoms with E-state index >= 15 is 0 Å². The van der Waals surface area contributed by atoms with Gasteiger partial charge in [0.1, 0.15) is 0 Å². The van der Waals surface area contributed by atoms with Crippen molar-refractivity contribution < 1.29 is 9.47 Å². The Balaban J connectivity index is 2.83. The average molecular weight is 239 g/mol. The lowest BCUT2D eigenvalue weighted by atomic mass is 10.1.